The maximum atomic E-state index is 13.9. The lowest BCUT2D eigenvalue weighted by atomic mass is 10.1. The summed E-state index contributed by atoms with van der Waals surface area (Å²) >= 11 is 2.94. The van der Waals surface area contributed by atoms with Gasteiger partial charge in [-0.3, -0.25) is 4.79 Å². The average Bonchev–Trinajstić information content (AvgIpc) is 2.45. The third-order valence-electron chi connectivity index (χ3n) is 3.08. The number of carbonyl (C=O) groups is 2. The van der Waals surface area contributed by atoms with Crippen LogP contribution in [-0.4, -0.2) is 49.7 Å². The molecule has 0 N–H and O–H groups in total. The number of methoxy groups -OCH3 is 1. The maximum Gasteiger partial charge on any atom is 0.331 e. The molecule has 8 heteroatoms. The van der Waals surface area contributed by atoms with E-state index >= 15 is 0 Å². The molecule has 114 valence electrons. The first-order chi connectivity index (χ1) is 9.95. The monoisotopic (exact) mass is 363 g/mol. The summed E-state index contributed by atoms with van der Waals surface area (Å²) in [4.78, 5) is 25.1. The van der Waals surface area contributed by atoms with Crippen LogP contribution in [0, 0.1) is 11.6 Å². The zero-order valence-electron chi connectivity index (χ0n) is 11.1. The topological polar surface area (TPSA) is 55.8 Å². The van der Waals surface area contributed by atoms with Gasteiger partial charge in [-0.1, -0.05) is 15.9 Å². The van der Waals surface area contributed by atoms with Crippen LogP contribution in [0.4, 0.5) is 8.78 Å². The van der Waals surface area contributed by atoms with Crippen molar-refractivity contribution in [1.29, 1.82) is 0 Å². The van der Waals surface area contributed by atoms with Gasteiger partial charge in [-0.05, 0) is 12.1 Å². The fourth-order valence-corrected chi connectivity index (χ4v) is 2.47. The molecule has 5 nitrogen and oxygen atoms in total. The Labute approximate surface area is 127 Å². The van der Waals surface area contributed by atoms with Gasteiger partial charge in [0.15, 0.2) is 6.04 Å². The summed E-state index contributed by atoms with van der Waals surface area (Å²) in [5.74, 6) is -3.60. The highest BCUT2D eigenvalue weighted by Gasteiger charge is 2.36. The molecule has 1 unspecified atom stereocenters. The normalized spacial score (nSPS) is 18.5. The van der Waals surface area contributed by atoms with E-state index in [2.05, 4.69) is 20.7 Å². The van der Waals surface area contributed by atoms with Gasteiger partial charge >= 0.3 is 5.97 Å². The number of halogens is 3. The summed E-state index contributed by atoms with van der Waals surface area (Å²) in [5.41, 5.74) is -0.700. The van der Waals surface area contributed by atoms with E-state index in [1.54, 1.807) is 0 Å². The molecule has 1 atom stereocenters. The average molecular weight is 364 g/mol. The predicted octanol–water partition coefficient (Wildman–Crippen LogP) is 1.74. The molecule has 1 fully saturated rings. The quantitative estimate of drug-likeness (QED) is 0.751. The Kier molecular flexibility index (Phi) is 4.89. The van der Waals surface area contributed by atoms with Gasteiger partial charge in [0.2, 0.25) is 0 Å². The zero-order valence-corrected chi connectivity index (χ0v) is 12.7. The first-order valence-corrected chi connectivity index (χ1v) is 6.86. The number of nitrogens with zero attached hydrogens (tertiary/aromatic N) is 1. The van der Waals surface area contributed by atoms with Crippen LogP contribution in [-0.2, 0) is 14.3 Å². The smallest absolute Gasteiger partial charge is 0.331 e. The largest absolute Gasteiger partial charge is 0.467 e. The molecule has 1 saturated heterocycles. The number of amides is 1. The van der Waals surface area contributed by atoms with E-state index in [4.69, 9.17) is 4.74 Å². The number of ether oxygens (including phenoxy) is 2. The van der Waals surface area contributed by atoms with Crippen molar-refractivity contribution < 1.29 is 27.8 Å². The van der Waals surface area contributed by atoms with E-state index in [-0.39, 0.29) is 24.2 Å². The van der Waals surface area contributed by atoms with Crippen molar-refractivity contribution in [2.24, 2.45) is 0 Å². The lowest BCUT2D eigenvalue weighted by molar-refractivity contribution is -0.151. The SMILES string of the molecule is COC(=O)C1COCCN1C(=O)c1c(F)cc(Br)cc1F. The van der Waals surface area contributed by atoms with Crippen molar-refractivity contribution in [1.82, 2.24) is 4.90 Å². The van der Waals surface area contributed by atoms with E-state index in [1.165, 1.54) is 7.11 Å². The Morgan fingerprint density at radius 2 is 2.00 bits per heavy atom. The first-order valence-electron chi connectivity index (χ1n) is 6.06. The fourth-order valence-electron chi connectivity index (χ4n) is 2.07. The van der Waals surface area contributed by atoms with Crippen LogP contribution >= 0.6 is 15.9 Å². The van der Waals surface area contributed by atoms with Gasteiger partial charge in [0, 0.05) is 11.0 Å². The van der Waals surface area contributed by atoms with Crippen molar-refractivity contribution in [2.75, 3.05) is 26.9 Å². The minimum Gasteiger partial charge on any atom is -0.467 e. The number of carbonyl (C=O) groups excluding carboxylic acids is 2. The number of benzene rings is 1. The van der Waals surface area contributed by atoms with Crippen molar-refractivity contribution in [3.63, 3.8) is 0 Å². The van der Waals surface area contributed by atoms with E-state index in [1.807, 2.05) is 0 Å². The molecule has 1 aromatic carbocycles. The van der Waals surface area contributed by atoms with E-state index in [9.17, 15) is 18.4 Å². The Balaban J connectivity index is 2.36. The van der Waals surface area contributed by atoms with Crippen molar-refractivity contribution >= 4 is 27.8 Å². The van der Waals surface area contributed by atoms with Crippen LogP contribution in [0.2, 0.25) is 0 Å². The molecule has 0 spiro atoms. The summed E-state index contributed by atoms with van der Waals surface area (Å²) in [6.45, 7) is 0.157. The lowest BCUT2D eigenvalue weighted by Crippen LogP contribution is -2.53. The second kappa shape index (κ2) is 6.48. The molecule has 1 aliphatic rings. The minimum atomic E-state index is -1.02. The molecular weight excluding hydrogens is 352 g/mol. The summed E-state index contributed by atoms with van der Waals surface area (Å²) in [7, 11) is 1.17. The van der Waals surface area contributed by atoms with Gasteiger partial charge in [0.05, 0.1) is 20.3 Å². The Morgan fingerprint density at radius 1 is 1.38 bits per heavy atom. The summed E-state index contributed by atoms with van der Waals surface area (Å²) in [5, 5.41) is 0. The van der Waals surface area contributed by atoms with Gasteiger partial charge in [0.1, 0.15) is 17.2 Å². The minimum absolute atomic E-state index is 0.0492. The molecule has 2 rings (SSSR count). The van der Waals surface area contributed by atoms with E-state index in [0.717, 1.165) is 17.0 Å². The fraction of sp³-hybridized carbons (Fsp3) is 0.385. The van der Waals surface area contributed by atoms with Gasteiger partial charge in [-0.15, -0.1) is 0 Å². The highest BCUT2D eigenvalue weighted by Crippen LogP contribution is 2.22. The second-order valence-electron chi connectivity index (χ2n) is 4.36. The summed E-state index contributed by atoms with van der Waals surface area (Å²) in [6.07, 6.45) is 0. The van der Waals surface area contributed by atoms with Crippen molar-refractivity contribution in [3.8, 4) is 0 Å². The number of hydrogen-bond acceptors (Lipinski definition) is 4. The van der Waals surface area contributed by atoms with Crippen LogP contribution < -0.4 is 0 Å². The second-order valence-corrected chi connectivity index (χ2v) is 5.27. The van der Waals surface area contributed by atoms with E-state index < -0.39 is 35.1 Å². The molecule has 1 amide bonds. The molecule has 1 aromatic rings. The summed E-state index contributed by atoms with van der Waals surface area (Å²) < 4.78 is 37.6. The van der Waals surface area contributed by atoms with Crippen molar-refractivity contribution in [3.05, 3.63) is 33.8 Å². The molecule has 21 heavy (non-hydrogen) atoms. The highest BCUT2D eigenvalue weighted by molar-refractivity contribution is 9.10. The predicted molar refractivity (Wildman–Crippen MR) is 71.7 cm³/mol. The maximum absolute atomic E-state index is 13.9. The highest BCUT2D eigenvalue weighted by atomic mass is 79.9. The number of rotatable bonds is 2. The van der Waals surface area contributed by atoms with Crippen LogP contribution in [0.5, 0.6) is 0 Å². The zero-order chi connectivity index (χ0) is 15.6. The first kappa shape index (κ1) is 15.8. The molecule has 0 saturated carbocycles. The molecule has 1 heterocycles. The van der Waals surface area contributed by atoms with Gasteiger partial charge in [0.25, 0.3) is 5.91 Å². The van der Waals surface area contributed by atoms with Gasteiger partial charge < -0.3 is 14.4 Å². The third-order valence-corrected chi connectivity index (χ3v) is 3.54. The van der Waals surface area contributed by atoms with Crippen LogP contribution in [0.25, 0.3) is 0 Å². The molecule has 0 radical (unpaired) electrons. The Bertz CT molecular complexity index is 558. The molecular formula is C13H12BrF2NO4. The number of hydrogen-bond donors (Lipinski definition) is 0. The van der Waals surface area contributed by atoms with Crippen LogP contribution in [0.3, 0.4) is 0 Å². The van der Waals surface area contributed by atoms with E-state index in [0.29, 0.717) is 0 Å². The van der Waals surface area contributed by atoms with Crippen LogP contribution in [0.15, 0.2) is 16.6 Å². The standard InChI is InChI=1S/C13H12BrF2NO4/c1-20-13(19)10-6-21-3-2-17(10)12(18)11-8(15)4-7(14)5-9(11)16/h4-5,10H,2-3,6H2,1H3. The lowest BCUT2D eigenvalue weighted by Gasteiger charge is -2.33. The van der Waals surface area contributed by atoms with Gasteiger partial charge in [-0.25, -0.2) is 13.6 Å². The third kappa shape index (κ3) is 3.21. The van der Waals surface area contributed by atoms with Gasteiger partial charge in [-0.2, -0.15) is 0 Å². The Morgan fingerprint density at radius 3 is 2.57 bits per heavy atom. The molecule has 0 aromatic heterocycles. The Hall–Kier alpha value is -1.54. The van der Waals surface area contributed by atoms with Crippen molar-refractivity contribution in [2.45, 2.75) is 6.04 Å². The molecule has 1 aliphatic heterocycles. The number of esters is 1. The molecule has 0 aliphatic carbocycles. The summed E-state index contributed by atoms with van der Waals surface area (Å²) in [6, 6.07) is 0.965. The molecule has 0 bridgehead atoms. The number of morpholine rings is 1. The van der Waals surface area contributed by atoms with Crippen LogP contribution in [0.1, 0.15) is 10.4 Å².